The fourth-order valence-corrected chi connectivity index (χ4v) is 7.14. The third kappa shape index (κ3) is 4.78. The summed E-state index contributed by atoms with van der Waals surface area (Å²) in [7, 11) is 0. The lowest BCUT2D eigenvalue weighted by molar-refractivity contribution is -0.135. The second-order valence-electron chi connectivity index (χ2n) is 12.7. The third-order valence-corrected chi connectivity index (χ3v) is 9.43. The highest BCUT2D eigenvalue weighted by atomic mass is 19.4. The Morgan fingerprint density at radius 1 is 0.739 bits per heavy atom. The fraction of sp³-hybridized carbons (Fsp3) is 0.394. The normalized spacial score (nSPS) is 17.6. The van der Waals surface area contributed by atoms with E-state index < -0.39 is 29.9 Å². The van der Waals surface area contributed by atoms with Gasteiger partial charge in [0.25, 0.3) is 0 Å². The molecule has 0 radical (unpaired) electrons. The Bertz CT molecular complexity index is 2010. The van der Waals surface area contributed by atoms with E-state index >= 15 is 0 Å². The first-order valence-corrected chi connectivity index (χ1v) is 15.6. The van der Waals surface area contributed by atoms with E-state index in [1.807, 2.05) is 0 Å². The lowest BCUT2D eigenvalue weighted by Gasteiger charge is -2.41. The first kappa shape index (κ1) is 28.9. The molecule has 3 aromatic carbocycles. The van der Waals surface area contributed by atoms with Crippen molar-refractivity contribution in [3.05, 3.63) is 93.3 Å². The lowest BCUT2D eigenvalue weighted by atomic mass is 10.1. The topological polar surface area (TPSA) is 69.1 Å². The standard InChI is InChI=1S/C33H31F5N6O2/c34-20-6-12-26-28(16-20)40(30(45)43(26)22-8-9-22)18-32(39-24-4-1-2-5-25(24)42(32)15-3-14-33(36,37)38)19-41-29-17-21(35)7-13-27(29)44(31(41)46)23-10-11-23/h1-2,4-7,12-13,16-17,22-23,39H,3,8-11,14-15,18-19H2. The first-order valence-electron chi connectivity index (χ1n) is 15.6. The molecule has 3 aliphatic rings. The highest BCUT2D eigenvalue weighted by molar-refractivity contribution is 5.80. The molecule has 0 bridgehead atoms. The van der Waals surface area contributed by atoms with E-state index in [1.165, 1.54) is 33.4 Å². The van der Waals surface area contributed by atoms with Crippen LogP contribution in [0, 0.1) is 11.6 Å². The molecule has 8 nitrogen and oxygen atoms in total. The summed E-state index contributed by atoms with van der Waals surface area (Å²) in [6.07, 6.45) is -2.45. The molecule has 0 spiro atoms. The molecular weight excluding hydrogens is 607 g/mol. The van der Waals surface area contributed by atoms with Gasteiger partial charge in [0.2, 0.25) is 0 Å². The van der Waals surface area contributed by atoms with Crippen LogP contribution in [-0.2, 0) is 13.1 Å². The smallest absolute Gasteiger partial charge is 0.358 e. The van der Waals surface area contributed by atoms with Crippen molar-refractivity contribution >= 4 is 33.4 Å². The predicted octanol–water partition coefficient (Wildman–Crippen LogP) is 6.54. The number of nitrogens with zero attached hydrogens (tertiary/aromatic N) is 5. The van der Waals surface area contributed by atoms with Gasteiger partial charge < -0.3 is 10.2 Å². The second kappa shape index (κ2) is 10.2. The molecule has 1 aliphatic heterocycles. The Labute approximate surface area is 259 Å². The Hall–Kier alpha value is -4.55. The largest absolute Gasteiger partial charge is 0.389 e. The predicted molar refractivity (Wildman–Crippen MR) is 164 cm³/mol. The number of benzene rings is 3. The monoisotopic (exact) mass is 638 g/mol. The van der Waals surface area contributed by atoms with Gasteiger partial charge in [-0.05, 0) is 80.6 Å². The molecule has 2 saturated carbocycles. The molecule has 3 heterocycles. The molecule has 2 aliphatic carbocycles. The SMILES string of the molecule is O=c1n(CC2(Cn3c(=O)n(C4CC4)c4ccc(F)cc43)Nc3ccccc3N2CCCC(F)(F)F)c2cc(F)ccc2n1C1CC1. The van der Waals surface area contributed by atoms with E-state index in [2.05, 4.69) is 5.32 Å². The number of para-hydroxylation sites is 2. The van der Waals surface area contributed by atoms with E-state index in [0.717, 1.165) is 25.7 Å². The van der Waals surface area contributed by atoms with Gasteiger partial charge in [-0.1, -0.05) is 12.1 Å². The van der Waals surface area contributed by atoms with Crippen molar-refractivity contribution in [2.75, 3.05) is 16.8 Å². The molecule has 46 heavy (non-hydrogen) atoms. The number of imidazole rings is 2. The van der Waals surface area contributed by atoms with Crippen molar-refractivity contribution in [3.8, 4) is 0 Å². The maximum Gasteiger partial charge on any atom is 0.389 e. The number of rotatable bonds is 9. The Balaban J connectivity index is 1.33. The zero-order valence-corrected chi connectivity index (χ0v) is 24.7. The van der Waals surface area contributed by atoms with Crippen LogP contribution < -0.4 is 21.6 Å². The Morgan fingerprint density at radius 2 is 1.26 bits per heavy atom. The minimum Gasteiger partial charge on any atom is -0.358 e. The van der Waals surface area contributed by atoms with Crippen molar-refractivity contribution < 1.29 is 22.0 Å². The van der Waals surface area contributed by atoms with Gasteiger partial charge in [-0.15, -0.1) is 0 Å². The Morgan fingerprint density at radius 3 is 1.76 bits per heavy atom. The lowest BCUT2D eigenvalue weighted by Crippen LogP contribution is -2.59. The van der Waals surface area contributed by atoms with Gasteiger partial charge in [-0.3, -0.25) is 18.3 Å². The van der Waals surface area contributed by atoms with Crippen LogP contribution in [0.15, 0.2) is 70.3 Å². The van der Waals surface area contributed by atoms with Crippen molar-refractivity contribution in [2.24, 2.45) is 0 Å². The maximum absolute atomic E-state index is 14.7. The molecular formula is C33H31F5N6O2. The van der Waals surface area contributed by atoms with E-state index in [4.69, 9.17) is 0 Å². The van der Waals surface area contributed by atoms with Crippen LogP contribution in [0.2, 0.25) is 0 Å². The molecule has 0 amide bonds. The van der Waals surface area contributed by atoms with Crippen LogP contribution in [0.5, 0.6) is 0 Å². The number of alkyl halides is 3. The maximum atomic E-state index is 14.7. The Kier molecular flexibility index (Phi) is 6.42. The molecule has 1 N–H and O–H groups in total. The van der Waals surface area contributed by atoms with Gasteiger partial charge in [0.05, 0.1) is 46.5 Å². The number of hydrogen-bond donors (Lipinski definition) is 1. The molecule has 0 unspecified atom stereocenters. The van der Waals surface area contributed by atoms with E-state index in [1.54, 1.807) is 50.4 Å². The highest BCUT2D eigenvalue weighted by Crippen LogP contribution is 2.44. The van der Waals surface area contributed by atoms with Crippen LogP contribution >= 0.6 is 0 Å². The van der Waals surface area contributed by atoms with Crippen molar-refractivity contribution in [2.45, 2.75) is 75.5 Å². The summed E-state index contributed by atoms with van der Waals surface area (Å²) in [5, 5.41) is 3.48. The minimum atomic E-state index is -4.38. The van der Waals surface area contributed by atoms with Crippen molar-refractivity contribution in [1.82, 2.24) is 18.3 Å². The molecule has 240 valence electrons. The summed E-state index contributed by atoms with van der Waals surface area (Å²) in [5.41, 5.74) is 0.951. The summed E-state index contributed by atoms with van der Waals surface area (Å²) in [6, 6.07) is 15.4. The van der Waals surface area contributed by atoms with Crippen LogP contribution in [0.3, 0.4) is 0 Å². The third-order valence-electron chi connectivity index (χ3n) is 9.43. The van der Waals surface area contributed by atoms with E-state index in [0.29, 0.717) is 33.4 Å². The average molecular weight is 639 g/mol. The summed E-state index contributed by atoms with van der Waals surface area (Å²) >= 11 is 0. The van der Waals surface area contributed by atoms with Crippen LogP contribution in [-0.4, -0.2) is 36.7 Å². The second-order valence-corrected chi connectivity index (χ2v) is 12.7. The van der Waals surface area contributed by atoms with Crippen molar-refractivity contribution in [1.29, 1.82) is 0 Å². The number of fused-ring (bicyclic) bond motifs is 3. The number of hydrogen-bond acceptors (Lipinski definition) is 4. The van der Waals surface area contributed by atoms with Crippen molar-refractivity contribution in [3.63, 3.8) is 0 Å². The van der Waals surface area contributed by atoms with Gasteiger partial charge in [0.15, 0.2) is 0 Å². The molecule has 13 heteroatoms. The molecule has 2 fully saturated rings. The molecule has 0 saturated heterocycles. The number of nitrogens with one attached hydrogen (secondary N) is 1. The van der Waals surface area contributed by atoms with Crippen LogP contribution in [0.4, 0.5) is 33.3 Å². The van der Waals surface area contributed by atoms with Crippen LogP contribution in [0.25, 0.3) is 22.1 Å². The van der Waals surface area contributed by atoms with Gasteiger partial charge in [-0.25, -0.2) is 18.4 Å². The molecule has 8 rings (SSSR count). The summed E-state index contributed by atoms with van der Waals surface area (Å²) < 4.78 is 75.9. The van der Waals surface area contributed by atoms with Gasteiger partial charge in [-0.2, -0.15) is 13.2 Å². The zero-order chi connectivity index (χ0) is 32.0. The highest BCUT2D eigenvalue weighted by Gasteiger charge is 2.46. The number of aromatic nitrogens is 4. The summed E-state index contributed by atoms with van der Waals surface area (Å²) in [5.74, 6) is -1.07. The zero-order valence-electron chi connectivity index (χ0n) is 24.7. The average Bonchev–Trinajstić information content (AvgIpc) is 3.94. The summed E-state index contributed by atoms with van der Waals surface area (Å²) in [4.78, 5) is 30.0. The minimum absolute atomic E-state index is 0.0311. The number of anilines is 2. The van der Waals surface area contributed by atoms with E-state index in [9.17, 15) is 31.5 Å². The van der Waals surface area contributed by atoms with Crippen LogP contribution in [0.1, 0.15) is 50.6 Å². The fourth-order valence-electron chi connectivity index (χ4n) is 7.14. The quantitative estimate of drug-likeness (QED) is 0.186. The van der Waals surface area contributed by atoms with E-state index in [-0.39, 0.29) is 49.5 Å². The van der Waals surface area contributed by atoms with Gasteiger partial charge >= 0.3 is 17.6 Å². The molecule has 5 aromatic rings. The molecule has 2 aromatic heterocycles. The summed E-state index contributed by atoms with van der Waals surface area (Å²) in [6.45, 7) is -0.327. The van der Waals surface area contributed by atoms with Gasteiger partial charge in [0.1, 0.15) is 17.3 Å². The first-order chi connectivity index (χ1) is 22.0. The molecule has 0 atom stereocenters. The van der Waals surface area contributed by atoms with Gasteiger partial charge in [0, 0.05) is 25.0 Å². The number of halogens is 5.